The fourth-order valence-corrected chi connectivity index (χ4v) is 3.11. The molecule has 3 aromatic rings. The summed E-state index contributed by atoms with van der Waals surface area (Å²) in [5.41, 5.74) is 1.91. The molecule has 3 rings (SSSR count). The monoisotopic (exact) mass is 426 g/mol. The molecule has 1 N–H and O–H groups in total. The smallest absolute Gasteiger partial charge is 0.269 e. The number of rotatable bonds is 8. The van der Waals surface area contributed by atoms with Crippen molar-refractivity contribution >= 4 is 17.4 Å². The Hall–Kier alpha value is -4.08. The first-order chi connectivity index (χ1) is 14.9. The number of aromatic nitrogens is 2. The molecule has 0 atom stereocenters. The SMILES string of the molecule is COc1cc(CC(=O)Nc2cc(C)nn2-c2ccc([N+](=O)[O-])cc2)cc(OC)c1OC. The minimum Gasteiger partial charge on any atom is -0.493 e. The van der Waals surface area contributed by atoms with Crippen LogP contribution in [0, 0.1) is 17.0 Å². The van der Waals surface area contributed by atoms with Crippen molar-refractivity contribution in [1.82, 2.24) is 9.78 Å². The van der Waals surface area contributed by atoms with Crippen molar-refractivity contribution in [2.75, 3.05) is 26.6 Å². The van der Waals surface area contributed by atoms with Crippen LogP contribution >= 0.6 is 0 Å². The number of hydrogen-bond acceptors (Lipinski definition) is 7. The summed E-state index contributed by atoms with van der Waals surface area (Å²) in [5.74, 6) is 1.52. The second-order valence-electron chi connectivity index (χ2n) is 6.61. The predicted octanol–water partition coefficient (Wildman–Crippen LogP) is 3.30. The lowest BCUT2D eigenvalue weighted by Gasteiger charge is -2.14. The van der Waals surface area contributed by atoms with E-state index in [2.05, 4.69) is 10.4 Å². The first kappa shape index (κ1) is 21.6. The van der Waals surface area contributed by atoms with E-state index in [-0.39, 0.29) is 18.0 Å². The molecule has 2 aromatic carbocycles. The van der Waals surface area contributed by atoms with Crippen LogP contribution in [-0.4, -0.2) is 41.9 Å². The third-order valence-corrected chi connectivity index (χ3v) is 4.49. The lowest BCUT2D eigenvalue weighted by Crippen LogP contribution is -2.17. The van der Waals surface area contributed by atoms with E-state index in [1.54, 1.807) is 37.3 Å². The number of carbonyl (C=O) groups excluding carboxylic acids is 1. The van der Waals surface area contributed by atoms with Gasteiger partial charge in [0.1, 0.15) is 5.82 Å². The Bertz CT molecular complexity index is 1080. The summed E-state index contributed by atoms with van der Waals surface area (Å²) in [6, 6.07) is 11.0. The highest BCUT2D eigenvalue weighted by Gasteiger charge is 2.17. The molecule has 0 unspecified atom stereocenters. The number of nitrogens with zero attached hydrogens (tertiary/aromatic N) is 3. The molecule has 10 heteroatoms. The number of hydrogen-bond donors (Lipinski definition) is 1. The lowest BCUT2D eigenvalue weighted by molar-refractivity contribution is -0.384. The first-order valence-electron chi connectivity index (χ1n) is 9.26. The molecule has 0 saturated heterocycles. The molecule has 0 aliphatic heterocycles. The van der Waals surface area contributed by atoms with E-state index in [0.29, 0.717) is 40.0 Å². The highest BCUT2D eigenvalue weighted by atomic mass is 16.6. The molecule has 0 aliphatic carbocycles. The van der Waals surface area contributed by atoms with Crippen molar-refractivity contribution in [1.29, 1.82) is 0 Å². The zero-order valence-corrected chi connectivity index (χ0v) is 17.5. The molecule has 1 heterocycles. The molecular formula is C21H22N4O6. The van der Waals surface area contributed by atoms with E-state index in [1.165, 1.54) is 38.1 Å². The second-order valence-corrected chi connectivity index (χ2v) is 6.61. The molecule has 1 amide bonds. The Kier molecular flexibility index (Phi) is 6.39. The minimum absolute atomic E-state index is 0.0272. The van der Waals surface area contributed by atoms with E-state index < -0.39 is 4.92 Å². The van der Waals surface area contributed by atoms with Gasteiger partial charge >= 0.3 is 0 Å². The van der Waals surface area contributed by atoms with Gasteiger partial charge in [0.05, 0.1) is 44.1 Å². The first-order valence-corrected chi connectivity index (χ1v) is 9.26. The normalized spacial score (nSPS) is 10.5. The summed E-state index contributed by atoms with van der Waals surface area (Å²) in [7, 11) is 4.52. The lowest BCUT2D eigenvalue weighted by atomic mass is 10.1. The van der Waals surface area contributed by atoms with Crippen LogP contribution in [-0.2, 0) is 11.2 Å². The number of nitro benzene ring substituents is 1. The number of carbonyl (C=O) groups is 1. The van der Waals surface area contributed by atoms with Crippen molar-refractivity contribution in [3.63, 3.8) is 0 Å². The summed E-state index contributed by atoms with van der Waals surface area (Å²) in [4.78, 5) is 23.1. The van der Waals surface area contributed by atoms with Gasteiger partial charge in [-0.05, 0) is 36.8 Å². The van der Waals surface area contributed by atoms with Crippen molar-refractivity contribution in [3.05, 3.63) is 63.8 Å². The van der Waals surface area contributed by atoms with Gasteiger partial charge in [0.25, 0.3) is 5.69 Å². The van der Waals surface area contributed by atoms with Gasteiger partial charge in [0.15, 0.2) is 11.5 Å². The molecule has 0 aliphatic rings. The van der Waals surface area contributed by atoms with Gasteiger partial charge in [-0.2, -0.15) is 5.10 Å². The number of aryl methyl sites for hydroxylation is 1. The van der Waals surface area contributed by atoms with Gasteiger partial charge in [-0.1, -0.05) is 0 Å². The zero-order valence-electron chi connectivity index (χ0n) is 17.5. The minimum atomic E-state index is -0.474. The number of amides is 1. The van der Waals surface area contributed by atoms with E-state index >= 15 is 0 Å². The van der Waals surface area contributed by atoms with Gasteiger partial charge in [-0.3, -0.25) is 14.9 Å². The van der Waals surface area contributed by atoms with Crippen molar-refractivity contribution in [2.24, 2.45) is 0 Å². The van der Waals surface area contributed by atoms with Gasteiger partial charge in [-0.15, -0.1) is 0 Å². The molecule has 162 valence electrons. The number of benzene rings is 2. The Labute approximate surface area is 178 Å². The highest BCUT2D eigenvalue weighted by molar-refractivity contribution is 5.92. The number of nitro groups is 1. The zero-order chi connectivity index (χ0) is 22.5. The third kappa shape index (κ3) is 4.74. The Morgan fingerprint density at radius 1 is 1.06 bits per heavy atom. The maximum Gasteiger partial charge on any atom is 0.269 e. The number of methoxy groups -OCH3 is 3. The van der Waals surface area contributed by atoms with Crippen LogP contribution in [0.15, 0.2) is 42.5 Å². The average molecular weight is 426 g/mol. The molecule has 0 spiro atoms. The maximum atomic E-state index is 12.7. The average Bonchev–Trinajstić information content (AvgIpc) is 3.12. The summed E-state index contributed by atoms with van der Waals surface area (Å²) < 4.78 is 17.5. The van der Waals surface area contributed by atoms with Crippen LogP contribution < -0.4 is 19.5 Å². The fraction of sp³-hybridized carbons (Fsp3) is 0.238. The largest absolute Gasteiger partial charge is 0.493 e. The molecule has 0 saturated carbocycles. The van der Waals surface area contributed by atoms with Gasteiger partial charge in [-0.25, -0.2) is 4.68 Å². The molecule has 1 aromatic heterocycles. The van der Waals surface area contributed by atoms with Crippen molar-refractivity contribution in [2.45, 2.75) is 13.3 Å². The van der Waals surface area contributed by atoms with E-state index in [4.69, 9.17) is 14.2 Å². The molecule has 0 bridgehead atoms. The van der Waals surface area contributed by atoms with Crippen LogP contribution in [0.3, 0.4) is 0 Å². The molecule has 0 fully saturated rings. The standard InChI is InChI=1S/C21H22N4O6/c1-13-9-19(24(23-13)15-5-7-16(8-6-15)25(27)28)22-20(26)12-14-10-17(29-2)21(31-4)18(11-14)30-3/h5-11H,12H2,1-4H3,(H,22,26). The predicted molar refractivity (Wildman–Crippen MR) is 113 cm³/mol. The van der Waals surface area contributed by atoms with Gasteiger partial charge in [0.2, 0.25) is 11.7 Å². The fourth-order valence-electron chi connectivity index (χ4n) is 3.11. The van der Waals surface area contributed by atoms with Crippen molar-refractivity contribution in [3.8, 4) is 22.9 Å². The summed E-state index contributed by atoms with van der Waals surface area (Å²) >= 11 is 0. The Morgan fingerprint density at radius 2 is 1.68 bits per heavy atom. The van der Waals surface area contributed by atoms with E-state index in [0.717, 1.165) is 0 Å². The molecular weight excluding hydrogens is 404 g/mol. The van der Waals surface area contributed by atoms with Gasteiger partial charge in [0, 0.05) is 18.2 Å². The summed E-state index contributed by atoms with van der Waals surface area (Å²) in [6.07, 6.45) is 0.0567. The highest BCUT2D eigenvalue weighted by Crippen LogP contribution is 2.38. The van der Waals surface area contributed by atoms with E-state index in [1.807, 2.05) is 0 Å². The molecule has 31 heavy (non-hydrogen) atoms. The Morgan fingerprint density at radius 3 is 2.19 bits per heavy atom. The van der Waals surface area contributed by atoms with Crippen molar-refractivity contribution < 1.29 is 23.9 Å². The van der Waals surface area contributed by atoms with Crippen LogP contribution in [0.2, 0.25) is 0 Å². The number of ether oxygens (including phenoxy) is 3. The topological polar surface area (TPSA) is 118 Å². The Balaban J connectivity index is 1.83. The van der Waals surface area contributed by atoms with Crippen LogP contribution in [0.5, 0.6) is 17.2 Å². The van der Waals surface area contributed by atoms with E-state index in [9.17, 15) is 14.9 Å². The number of anilines is 1. The number of non-ortho nitro benzene ring substituents is 1. The second kappa shape index (κ2) is 9.16. The van der Waals surface area contributed by atoms with Gasteiger partial charge < -0.3 is 19.5 Å². The van der Waals surface area contributed by atoms with Crippen LogP contribution in [0.4, 0.5) is 11.5 Å². The van der Waals surface area contributed by atoms with Crippen LogP contribution in [0.1, 0.15) is 11.3 Å². The van der Waals surface area contributed by atoms with Crippen LogP contribution in [0.25, 0.3) is 5.69 Å². The molecule has 0 radical (unpaired) electrons. The third-order valence-electron chi connectivity index (χ3n) is 4.49. The quantitative estimate of drug-likeness (QED) is 0.434. The summed E-state index contributed by atoms with van der Waals surface area (Å²) in [5, 5.41) is 18.1. The summed E-state index contributed by atoms with van der Waals surface area (Å²) in [6.45, 7) is 1.79. The number of nitrogens with one attached hydrogen (secondary N) is 1. The maximum absolute atomic E-state index is 12.7. The molecule has 10 nitrogen and oxygen atoms in total.